The number of methoxy groups -OCH3 is 1. The molecule has 1 aromatic rings. The Morgan fingerprint density at radius 3 is 2.50 bits per heavy atom. The zero-order valence-electron chi connectivity index (χ0n) is 11.4. The fourth-order valence-electron chi connectivity index (χ4n) is 1.47. The van der Waals surface area contributed by atoms with Gasteiger partial charge in [0.2, 0.25) is 0 Å². The van der Waals surface area contributed by atoms with E-state index in [2.05, 4.69) is 10.1 Å². The van der Waals surface area contributed by atoms with Gasteiger partial charge >= 0.3 is 12.0 Å². The summed E-state index contributed by atoms with van der Waals surface area (Å²) in [7, 11) is 1.21. The molecule has 0 aliphatic rings. The van der Waals surface area contributed by atoms with Gasteiger partial charge in [0.1, 0.15) is 18.2 Å². The van der Waals surface area contributed by atoms with Crippen LogP contribution in [-0.4, -0.2) is 36.6 Å². The first-order valence-corrected chi connectivity index (χ1v) is 5.94. The van der Waals surface area contributed by atoms with Crippen molar-refractivity contribution in [2.75, 3.05) is 19.0 Å². The highest BCUT2D eigenvalue weighted by Gasteiger charge is 2.21. The number of rotatable bonds is 4. The second-order valence-corrected chi connectivity index (χ2v) is 4.35. The summed E-state index contributed by atoms with van der Waals surface area (Å²) < 4.78 is 30.7. The van der Waals surface area contributed by atoms with Crippen LogP contribution >= 0.6 is 0 Å². The van der Waals surface area contributed by atoms with E-state index in [0.717, 1.165) is 12.1 Å². The number of hydrogen-bond acceptors (Lipinski definition) is 3. The van der Waals surface area contributed by atoms with Gasteiger partial charge in [0.05, 0.1) is 12.8 Å². The van der Waals surface area contributed by atoms with E-state index in [1.54, 1.807) is 13.8 Å². The monoisotopic (exact) mass is 286 g/mol. The van der Waals surface area contributed by atoms with E-state index in [4.69, 9.17) is 0 Å². The van der Waals surface area contributed by atoms with Crippen LogP contribution in [0.5, 0.6) is 0 Å². The van der Waals surface area contributed by atoms with E-state index in [0.29, 0.717) is 6.07 Å². The molecule has 7 heteroatoms. The molecular formula is C13H16F2N2O3. The Labute approximate surface area is 115 Å². The second kappa shape index (κ2) is 6.83. The Bertz CT molecular complexity index is 506. The lowest BCUT2D eigenvalue weighted by Crippen LogP contribution is -2.43. The SMILES string of the molecule is COC(=O)CN(C(=O)Nc1ccc(F)cc1F)C(C)C. The number of esters is 1. The molecule has 0 unspecified atom stereocenters. The average molecular weight is 286 g/mol. The largest absolute Gasteiger partial charge is 0.468 e. The van der Waals surface area contributed by atoms with E-state index in [9.17, 15) is 18.4 Å². The molecule has 1 N–H and O–H groups in total. The van der Waals surface area contributed by atoms with Crippen LogP contribution in [0.4, 0.5) is 19.3 Å². The van der Waals surface area contributed by atoms with Gasteiger partial charge in [-0.05, 0) is 26.0 Å². The molecule has 0 fully saturated rings. The van der Waals surface area contributed by atoms with Gasteiger partial charge < -0.3 is 15.0 Å². The molecular weight excluding hydrogens is 270 g/mol. The summed E-state index contributed by atoms with van der Waals surface area (Å²) in [5.41, 5.74) is -0.160. The number of urea groups is 1. The quantitative estimate of drug-likeness (QED) is 0.865. The van der Waals surface area contributed by atoms with Gasteiger partial charge in [-0.3, -0.25) is 4.79 Å². The molecule has 0 spiro atoms. The molecule has 5 nitrogen and oxygen atoms in total. The van der Waals surface area contributed by atoms with E-state index >= 15 is 0 Å². The van der Waals surface area contributed by atoms with Crippen molar-refractivity contribution in [3.8, 4) is 0 Å². The van der Waals surface area contributed by atoms with Gasteiger partial charge in [0.25, 0.3) is 0 Å². The molecule has 0 aliphatic heterocycles. The Kier molecular flexibility index (Phi) is 5.42. The molecule has 0 radical (unpaired) electrons. The van der Waals surface area contributed by atoms with Gasteiger partial charge in [-0.1, -0.05) is 0 Å². The average Bonchev–Trinajstić information content (AvgIpc) is 2.38. The molecule has 0 atom stereocenters. The fraction of sp³-hybridized carbons (Fsp3) is 0.385. The van der Waals surface area contributed by atoms with Gasteiger partial charge in [-0.2, -0.15) is 0 Å². The standard InChI is InChI=1S/C13H16F2N2O3/c1-8(2)17(7-12(18)20-3)13(19)16-11-5-4-9(14)6-10(11)15/h4-6,8H,7H2,1-3H3,(H,16,19). The number of ether oxygens (including phenoxy) is 1. The molecule has 2 amide bonds. The summed E-state index contributed by atoms with van der Waals surface area (Å²) in [6, 6.07) is 1.83. The smallest absolute Gasteiger partial charge is 0.325 e. The van der Waals surface area contributed by atoms with Crippen molar-refractivity contribution in [3.63, 3.8) is 0 Å². The summed E-state index contributed by atoms with van der Waals surface area (Å²) >= 11 is 0. The van der Waals surface area contributed by atoms with Crippen LogP contribution in [0, 0.1) is 11.6 Å². The fourth-order valence-corrected chi connectivity index (χ4v) is 1.47. The predicted octanol–water partition coefficient (Wildman–Crippen LogP) is 2.38. The van der Waals surface area contributed by atoms with E-state index in [1.807, 2.05) is 0 Å². The molecule has 0 saturated heterocycles. The predicted molar refractivity (Wildman–Crippen MR) is 69.2 cm³/mol. The lowest BCUT2D eigenvalue weighted by molar-refractivity contribution is -0.141. The molecule has 0 bridgehead atoms. The Balaban J connectivity index is 2.83. The zero-order valence-corrected chi connectivity index (χ0v) is 11.4. The van der Waals surface area contributed by atoms with Crippen molar-refractivity contribution in [2.45, 2.75) is 19.9 Å². The zero-order chi connectivity index (χ0) is 15.3. The summed E-state index contributed by atoms with van der Waals surface area (Å²) in [4.78, 5) is 24.4. The number of nitrogens with one attached hydrogen (secondary N) is 1. The van der Waals surface area contributed by atoms with Crippen molar-refractivity contribution in [1.29, 1.82) is 0 Å². The summed E-state index contributed by atoms with van der Waals surface area (Å²) in [6.45, 7) is 3.13. The van der Waals surface area contributed by atoms with E-state index in [-0.39, 0.29) is 18.3 Å². The van der Waals surface area contributed by atoms with Crippen molar-refractivity contribution >= 4 is 17.7 Å². The number of halogens is 2. The van der Waals surface area contributed by atoms with Crippen molar-refractivity contribution in [2.24, 2.45) is 0 Å². The number of nitrogens with zero attached hydrogens (tertiary/aromatic N) is 1. The molecule has 20 heavy (non-hydrogen) atoms. The Morgan fingerprint density at radius 2 is 2.00 bits per heavy atom. The summed E-state index contributed by atoms with van der Waals surface area (Å²) in [5, 5.41) is 2.29. The highest BCUT2D eigenvalue weighted by atomic mass is 19.1. The van der Waals surface area contributed by atoms with Crippen LogP contribution in [0.25, 0.3) is 0 Å². The maximum absolute atomic E-state index is 13.4. The van der Waals surface area contributed by atoms with Gasteiger partial charge in [-0.25, -0.2) is 13.6 Å². The Morgan fingerprint density at radius 1 is 1.35 bits per heavy atom. The summed E-state index contributed by atoms with van der Waals surface area (Å²) in [6.07, 6.45) is 0. The molecule has 110 valence electrons. The number of hydrogen-bond donors (Lipinski definition) is 1. The topological polar surface area (TPSA) is 58.6 Å². The summed E-state index contributed by atoms with van der Waals surface area (Å²) in [5.74, 6) is -2.22. The van der Waals surface area contributed by atoms with E-state index < -0.39 is 23.6 Å². The maximum Gasteiger partial charge on any atom is 0.325 e. The molecule has 0 saturated carbocycles. The minimum atomic E-state index is -0.889. The van der Waals surface area contributed by atoms with Crippen LogP contribution in [0.3, 0.4) is 0 Å². The highest BCUT2D eigenvalue weighted by Crippen LogP contribution is 2.16. The van der Waals surface area contributed by atoms with Crippen LogP contribution < -0.4 is 5.32 Å². The lowest BCUT2D eigenvalue weighted by atomic mass is 10.3. The number of carbonyl (C=O) groups excluding carboxylic acids is 2. The van der Waals surface area contributed by atoms with Crippen LogP contribution in [0.15, 0.2) is 18.2 Å². The van der Waals surface area contributed by atoms with Crippen LogP contribution in [0.1, 0.15) is 13.8 Å². The van der Waals surface area contributed by atoms with Gasteiger partial charge in [0.15, 0.2) is 0 Å². The lowest BCUT2D eigenvalue weighted by Gasteiger charge is -2.25. The minimum absolute atomic E-state index is 0.160. The third kappa shape index (κ3) is 4.18. The normalized spacial score (nSPS) is 10.3. The van der Waals surface area contributed by atoms with Crippen LogP contribution in [-0.2, 0) is 9.53 Å². The van der Waals surface area contributed by atoms with E-state index in [1.165, 1.54) is 12.0 Å². The molecule has 0 aromatic heterocycles. The molecule has 0 heterocycles. The molecule has 1 aromatic carbocycles. The van der Waals surface area contributed by atoms with Crippen molar-refractivity contribution < 1.29 is 23.1 Å². The molecule has 1 rings (SSSR count). The number of carbonyl (C=O) groups is 2. The van der Waals surface area contributed by atoms with Crippen LogP contribution in [0.2, 0.25) is 0 Å². The van der Waals surface area contributed by atoms with Crippen molar-refractivity contribution in [3.05, 3.63) is 29.8 Å². The second-order valence-electron chi connectivity index (χ2n) is 4.35. The van der Waals surface area contributed by atoms with Gasteiger partial charge in [-0.15, -0.1) is 0 Å². The first-order chi connectivity index (χ1) is 9.35. The number of anilines is 1. The molecule has 0 aliphatic carbocycles. The highest BCUT2D eigenvalue weighted by molar-refractivity contribution is 5.91. The third-order valence-electron chi connectivity index (χ3n) is 2.58. The third-order valence-corrected chi connectivity index (χ3v) is 2.58. The Hall–Kier alpha value is -2.18. The maximum atomic E-state index is 13.4. The minimum Gasteiger partial charge on any atom is -0.468 e. The first-order valence-electron chi connectivity index (χ1n) is 5.94. The van der Waals surface area contributed by atoms with Gasteiger partial charge in [0, 0.05) is 12.1 Å². The first kappa shape index (κ1) is 15.9. The van der Waals surface area contributed by atoms with Crippen molar-refractivity contribution in [1.82, 2.24) is 4.90 Å². The number of amides is 2. The number of benzene rings is 1.